The van der Waals surface area contributed by atoms with Crippen LogP contribution >= 0.6 is 14.5 Å². The van der Waals surface area contributed by atoms with Gasteiger partial charge in [-0.05, 0) is 46.9 Å². The average Bonchev–Trinajstić information content (AvgIpc) is 3.44. The summed E-state index contributed by atoms with van der Waals surface area (Å²) in [5, 5.41) is 35.1. The summed E-state index contributed by atoms with van der Waals surface area (Å²) in [6.07, 6.45) is -3.42. The first-order valence-electron chi connectivity index (χ1n) is 12.5. The molecule has 0 bridgehead atoms. The minimum Gasteiger partial charge on any atom is -0.387 e. The van der Waals surface area contributed by atoms with E-state index < -0.39 is 62.5 Å². The molecule has 0 spiro atoms. The highest BCUT2D eigenvalue weighted by Crippen LogP contribution is 2.44. The molecule has 3 heterocycles. The highest BCUT2D eigenvalue weighted by molar-refractivity contribution is 7.78. The molecular weight excluding hydrogens is 600 g/mol. The highest BCUT2D eigenvalue weighted by atomic mass is 32.2. The molecule has 0 aromatic heterocycles. The first kappa shape index (κ1) is 37.8. The Balaban J connectivity index is 0.000000335. The quantitative estimate of drug-likeness (QED) is 0.108. The normalized spacial score (nSPS) is 35.0. The number of nitrogens with zero attached hydrogens (tertiary/aromatic N) is 1. The number of fused-ring (bicyclic) bond motifs is 1. The lowest BCUT2D eigenvalue weighted by atomic mass is 10.1. The monoisotopic (exact) mass is 643 g/mol. The van der Waals surface area contributed by atoms with Crippen molar-refractivity contribution in [3.63, 3.8) is 0 Å². The molecule has 10 atom stereocenters. The zero-order chi connectivity index (χ0) is 30.9. The lowest BCUT2D eigenvalue weighted by molar-refractivity contribution is -0.227. The van der Waals surface area contributed by atoms with Crippen molar-refractivity contribution in [1.29, 1.82) is 0 Å². The molecule has 19 heteroatoms. The molecule has 3 aliphatic heterocycles. The second-order valence-corrected chi connectivity index (χ2v) is 17.3. The first-order valence-corrected chi connectivity index (χ1v) is 18.5. The maximum Gasteiger partial charge on any atom is 0.350 e. The van der Waals surface area contributed by atoms with E-state index in [2.05, 4.69) is 4.33 Å². The largest absolute Gasteiger partial charge is 0.387 e. The van der Waals surface area contributed by atoms with E-state index in [0.29, 0.717) is 19.2 Å². The number of methoxy groups -OCH3 is 1. The van der Waals surface area contributed by atoms with Gasteiger partial charge in [0, 0.05) is 26.1 Å². The number of hydrogen-bond donors (Lipinski definition) is 4. The maximum atomic E-state index is 11.8. The molecule has 238 valence electrons. The second-order valence-electron chi connectivity index (χ2n) is 10.3. The molecule has 16 nitrogen and oxygen atoms in total. The van der Waals surface area contributed by atoms with Crippen LogP contribution in [0.15, 0.2) is 4.58 Å². The Morgan fingerprint density at radius 1 is 0.950 bits per heavy atom. The summed E-state index contributed by atoms with van der Waals surface area (Å²) in [4.78, 5) is 8.90. The van der Waals surface area contributed by atoms with Crippen molar-refractivity contribution >= 4 is 25.8 Å². The zero-order valence-electron chi connectivity index (χ0n) is 23.7. The minimum atomic E-state index is -2.67. The molecule has 4 N–H and O–H groups in total. The van der Waals surface area contributed by atoms with E-state index in [-0.39, 0.29) is 30.9 Å². The Morgan fingerprint density at radius 3 is 1.95 bits per heavy atom. The van der Waals surface area contributed by atoms with Gasteiger partial charge in [0.2, 0.25) is 0 Å². The van der Waals surface area contributed by atoms with Crippen molar-refractivity contribution in [2.75, 3.05) is 46.0 Å². The van der Waals surface area contributed by atoms with Gasteiger partial charge in [-0.3, -0.25) is 4.57 Å². The van der Waals surface area contributed by atoms with Crippen LogP contribution in [-0.2, 0) is 52.9 Å². The van der Waals surface area contributed by atoms with Crippen molar-refractivity contribution in [2.24, 2.45) is 4.58 Å². The van der Waals surface area contributed by atoms with Gasteiger partial charge < -0.3 is 48.1 Å². The van der Waals surface area contributed by atoms with E-state index in [4.69, 9.17) is 43.5 Å². The molecule has 0 aliphatic carbocycles. The van der Waals surface area contributed by atoms with Gasteiger partial charge in [0.1, 0.15) is 24.4 Å². The van der Waals surface area contributed by atoms with Crippen molar-refractivity contribution < 1.29 is 66.5 Å². The maximum absolute atomic E-state index is 11.8. The molecule has 3 aliphatic rings. The van der Waals surface area contributed by atoms with Gasteiger partial charge in [0.05, 0.1) is 30.5 Å². The Morgan fingerprint density at radius 2 is 1.52 bits per heavy atom. The van der Waals surface area contributed by atoms with E-state index in [9.17, 15) is 23.6 Å². The van der Waals surface area contributed by atoms with Crippen LogP contribution in [0.5, 0.6) is 0 Å². The van der Waals surface area contributed by atoms with Gasteiger partial charge in [-0.2, -0.15) is 4.21 Å². The summed E-state index contributed by atoms with van der Waals surface area (Å²) in [6, 6.07) is 0. The fourth-order valence-electron chi connectivity index (χ4n) is 4.18. The number of hydrogen-bond acceptors (Lipinski definition) is 15. The Kier molecular flexibility index (Phi) is 15.7. The molecule has 40 heavy (non-hydrogen) atoms. The van der Waals surface area contributed by atoms with Crippen molar-refractivity contribution in [2.45, 2.75) is 88.6 Å². The molecule has 3 unspecified atom stereocenters. The number of aliphatic hydroxyl groups excluding tert-OH is 3. The third kappa shape index (κ3) is 12.6. The number of nitroso groups, excluding NO2 is 1. The predicted molar refractivity (Wildman–Crippen MR) is 144 cm³/mol. The summed E-state index contributed by atoms with van der Waals surface area (Å²) < 4.78 is 70.3. The molecule has 0 saturated carbocycles. The van der Waals surface area contributed by atoms with Crippen LogP contribution in [0.1, 0.15) is 33.6 Å². The van der Waals surface area contributed by atoms with Crippen LogP contribution in [0.3, 0.4) is 0 Å². The van der Waals surface area contributed by atoms with Gasteiger partial charge in [0.15, 0.2) is 25.7 Å². The third-order valence-corrected chi connectivity index (χ3v) is 9.43. The molecule has 3 rings (SSSR count). The van der Waals surface area contributed by atoms with Gasteiger partial charge in [0.25, 0.3) is 0 Å². The van der Waals surface area contributed by atoms with Crippen LogP contribution in [0.25, 0.3) is 0 Å². The summed E-state index contributed by atoms with van der Waals surface area (Å²) in [5.41, 5.74) is 0. The van der Waals surface area contributed by atoms with Crippen LogP contribution in [0.4, 0.5) is 0 Å². The standard InChI is InChI=1S/C12H23O5P.C9H19O6P.HNO4S/c1-12(2)16-9-8(6-7-18(4,5)13)15-11(14-3)10(9)17-12;1-3-14-16(2,13)5-4-6-7(10)8(11)9(12)15-6;2-1-6(4)5-3/h8-11H,6-7H2,1-5H3;6-12H,3-5H2,1-2H3;3H/t8-,9-,10-,11-;6-,7-,8-,9?,16?;/m11./s1. The van der Waals surface area contributed by atoms with Crippen LogP contribution in [0.2, 0.25) is 0 Å². The van der Waals surface area contributed by atoms with E-state index in [0.717, 1.165) is 0 Å². The summed E-state index contributed by atoms with van der Waals surface area (Å²) in [6.45, 7) is 11.0. The predicted octanol–water partition coefficient (Wildman–Crippen LogP) is 1.47. The fourth-order valence-corrected chi connectivity index (χ4v) is 6.49. The Labute approximate surface area is 236 Å². The topological polar surface area (TPSA) is 226 Å². The molecule has 3 saturated heterocycles. The van der Waals surface area contributed by atoms with Gasteiger partial charge in [-0.25, -0.2) is 5.26 Å². The van der Waals surface area contributed by atoms with E-state index >= 15 is 0 Å². The van der Waals surface area contributed by atoms with Crippen LogP contribution in [-0.4, -0.2) is 126 Å². The zero-order valence-corrected chi connectivity index (χ0v) is 26.3. The average molecular weight is 644 g/mol. The van der Waals surface area contributed by atoms with E-state index in [1.54, 1.807) is 31.9 Å². The Bertz CT molecular complexity index is 905. The molecule has 0 aromatic rings. The van der Waals surface area contributed by atoms with Gasteiger partial charge in [-0.15, -0.1) is 9.24 Å². The smallest absolute Gasteiger partial charge is 0.350 e. The van der Waals surface area contributed by atoms with Crippen molar-refractivity contribution in [3.05, 3.63) is 4.91 Å². The number of aliphatic hydroxyl groups is 3. The molecule has 0 radical (unpaired) electrons. The van der Waals surface area contributed by atoms with Crippen LogP contribution in [0, 0.1) is 4.91 Å². The van der Waals surface area contributed by atoms with Crippen molar-refractivity contribution in [3.8, 4) is 0 Å². The molecule has 0 amide bonds. The Hall–Kier alpha value is -0.230. The SMILES string of the molecule is CCOP(C)(=O)CC[C@H]1OC(O)[C@H](O)[C@@H]1O.CO[C@@H]1O[C@H](CCP(C)(C)=O)[C@H]2OC(C)(C)O[C@@H]12.O=NS(=O)OO. The molecular formula is C21H43NO15P2S. The summed E-state index contributed by atoms with van der Waals surface area (Å²) in [7, 11) is -3.10. The van der Waals surface area contributed by atoms with Gasteiger partial charge >= 0.3 is 11.3 Å². The van der Waals surface area contributed by atoms with Gasteiger partial charge in [-0.1, -0.05) is 0 Å². The van der Waals surface area contributed by atoms with E-state index in [1.807, 2.05) is 13.8 Å². The third-order valence-electron chi connectivity index (χ3n) is 5.98. The lowest BCUT2D eigenvalue weighted by Gasteiger charge is -2.23. The lowest BCUT2D eigenvalue weighted by Crippen LogP contribution is -2.32. The van der Waals surface area contributed by atoms with Crippen molar-refractivity contribution in [1.82, 2.24) is 0 Å². The fraction of sp³-hybridized carbons (Fsp3) is 1.00. The number of rotatable bonds is 11. The molecule has 3 fully saturated rings. The summed E-state index contributed by atoms with van der Waals surface area (Å²) >= 11 is -2.41. The molecule has 0 aromatic carbocycles. The summed E-state index contributed by atoms with van der Waals surface area (Å²) in [5.74, 6) is -0.601. The highest BCUT2D eigenvalue weighted by Gasteiger charge is 2.55. The minimum absolute atomic E-state index is 0.102. The first-order chi connectivity index (χ1) is 18.4. The number of ether oxygens (including phenoxy) is 5. The van der Waals surface area contributed by atoms with E-state index in [1.165, 1.54) is 6.66 Å². The van der Waals surface area contributed by atoms with Crippen LogP contribution < -0.4 is 0 Å². The second kappa shape index (κ2) is 16.6.